The molecule has 8 heteroatoms. The highest BCUT2D eigenvalue weighted by atomic mass is 35.5. The van der Waals surface area contributed by atoms with Gasteiger partial charge in [0.15, 0.2) is 0 Å². The molecule has 140 valence electrons. The Kier molecular flexibility index (Phi) is 4.85. The van der Waals surface area contributed by atoms with Gasteiger partial charge in [0.1, 0.15) is 11.4 Å². The van der Waals surface area contributed by atoms with Crippen LogP contribution in [0, 0.1) is 0 Å². The number of ether oxygens (including phenoxy) is 1. The second kappa shape index (κ2) is 7.46. The van der Waals surface area contributed by atoms with Crippen molar-refractivity contribution in [2.24, 2.45) is 5.73 Å². The first-order valence-corrected chi connectivity index (χ1v) is 9.57. The van der Waals surface area contributed by atoms with Crippen LogP contribution in [0.15, 0.2) is 60.0 Å². The summed E-state index contributed by atoms with van der Waals surface area (Å²) in [6.45, 7) is 0. The lowest BCUT2D eigenvalue weighted by Gasteiger charge is -2.01. The zero-order chi connectivity index (χ0) is 19.7. The zero-order valence-electron chi connectivity index (χ0n) is 14.8. The largest absolute Gasteiger partial charge is 0.497 e. The van der Waals surface area contributed by atoms with Crippen molar-refractivity contribution in [2.45, 2.75) is 0 Å². The molecule has 0 unspecified atom stereocenters. The van der Waals surface area contributed by atoms with Crippen molar-refractivity contribution in [3.05, 3.63) is 70.7 Å². The fourth-order valence-electron chi connectivity index (χ4n) is 2.72. The van der Waals surface area contributed by atoms with E-state index in [0.717, 1.165) is 22.6 Å². The molecule has 4 aromatic rings. The standard InChI is InChI=1S/C20H15ClN4O2S/c1-27-15-8-4-12(5-9-15)16-10-18(19(22)26)25(24-16)20-23-17(11-28-20)13-2-6-14(21)7-3-13/h2-11H,1H3,(H2,22,26). The molecule has 0 saturated heterocycles. The van der Waals surface area contributed by atoms with Crippen molar-refractivity contribution < 1.29 is 9.53 Å². The van der Waals surface area contributed by atoms with E-state index in [-0.39, 0.29) is 5.69 Å². The summed E-state index contributed by atoms with van der Waals surface area (Å²) in [5, 5.41) is 7.66. The number of primary amides is 1. The fraction of sp³-hybridized carbons (Fsp3) is 0.0500. The molecule has 28 heavy (non-hydrogen) atoms. The van der Waals surface area contributed by atoms with E-state index in [1.165, 1.54) is 16.0 Å². The molecule has 0 aliphatic rings. The molecule has 2 aromatic carbocycles. The van der Waals surface area contributed by atoms with Gasteiger partial charge in [-0.3, -0.25) is 4.79 Å². The average molecular weight is 411 g/mol. The Morgan fingerprint density at radius 3 is 2.36 bits per heavy atom. The van der Waals surface area contributed by atoms with Gasteiger partial charge in [-0.1, -0.05) is 23.7 Å². The van der Waals surface area contributed by atoms with Gasteiger partial charge in [-0.2, -0.15) is 9.78 Å². The Hall–Kier alpha value is -3.16. The van der Waals surface area contributed by atoms with E-state index in [1.807, 2.05) is 41.8 Å². The van der Waals surface area contributed by atoms with Crippen molar-refractivity contribution in [3.8, 4) is 33.4 Å². The van der Waals surface area contributed by atoms with Gasteiger partial charge < -0.3 is 10.5 Å². The molecular formula is C20H15ClN4O2S. The molecule has 6 nitrogen and oxygen atoms in total. The monoisotopic (exact) mass is 410 g/mol. The third kappa shape index (κ3) is 3.49. The van der Waals surface area contributed by atoms with E-state index in [2.05, 4.69) is 10.1 Å². The Morgan fingerprint density at radius 1 is 1.07 bits per heavy atom. The first kappa shape index (κ1) is 18.2. The Bertz CT molecular complexity index is 1130. The van der Waals surface area contributed by atoms with Crippen molar-refractivity contribution in [3.63, 3.8) is 0 Å². The van der Waals surface area contributed by atoms with Crippen molar-refractivity contribution in [2.75, 3.05) is 7.11 Å². The molecule has 0 atom stereocenters. The molecule has 2 heterocycles. The van der Waals surface area contributed by atoms with Crippen molar-refractivity contribution in [1.29, 1.82) is 0 Å². The second-order valence-corrected chi connectivity index (χ2v) is 7.21. The summed E-state index contributed by atoms with van der Waals surface area (Å²) in [7, 11) is 1.61. The lowest BCUT2D eigenvalue weighted by molar-refractivity contribution is 0.0993. The molecule has 4 rings (SSSR count). The van der Waals surface area contributed by atoms with Gasteiger partial charge in [-0.15, -0.1) is 11.3 Å². The van der Waals surface area contributed by atoms with Gasteiger partial charge in [0.2, 0.25) is 5.13 Å². The van der Waals surface area contributed by atoms with Crippen LogP contribution in [0.4, 0.5) is 0 Å². The number of nitrogens with zero attached hydrogens (tertiary/aromatic N) is 3. The summed E-state index contributed by atoms with van der Waals surface area (Å²) in [5.41, 5.74) is 9.00. The van der Waals surface area contributed by atoms with E-state index < -0.39 is 5.91 Å². The smallest absolute Gasteiger partial charge is 0.267 e. The maximum atomic E-state index is 12.0. The lowest BCUT2D eigenvalue weighted by atomic mass is 10.1. The summed E-state index contributed by atoms with van der Waals surface area (Å²) >= 11 is 7.32. The Balaban J connectivity index is 1.73. The normalized spacial score (nSPS) is 10.8. The van der Waals surface area contributed by atoms with Crippen LogP contribution in [0.1, 0.15) is 10.5 Å². The Morgan fingerprint density at radius 2 is 1.71 bits per heavy atom. The summed E-state index contributed by atoms with van der Waals surface area (Å²) in [5.74, 6) is 0.168. The number of carbonyl (C=O) groups excluding carboxylic acids is 1. The number of hydrogen-bond acceptors (Lipinski definition) is 5. The molecule has 0 aliphatic carbocycles. The number of benzene rings is 2. The summed E-state index contributed by atoms with van der Waals surface area (Å²) in [6.07, 6.45) is 0. The van der Waals surface area contributed by atoms with Gasteiger partial charge in [-0.05, 0) is 42.5 Å². The third-order valence-electron chi connectivity index (χ3n) is 4.16. The second-order valence-electron chi connectivity index (χ2n) is 5.94. The van der Waals surface area contributed by atoms with Crippen LogP contribution in [0.3, 0.4) is 0 Å². The van der Waals surface area contributed by atoms with Crippen LogP contribution in [-0.4, -0.2) is 27.8 Å². The number of nitrogens with two attached hydrogens (primary N) is 1. The van der Waals surface area contributed by atoms with Gasteiger partial charge in [0, 0.05) is 21.5 Å². The van der Waals surface area contributed by atoms with E-state index in [0.29, 0.717) is 15.8 Å². The van der Waals surface area contributed by atoms with Crippen LogP contribution in [0.5, 0.6) is 5.75 Å². The number of hydrogen-bond donors (Lipinski definition) is 1. The van der Waals surface area contributed by atoms with Crippen LogP contribution >= 0.6 is 22.9 Å². The van der Waals surface area contributed by atoms with Gasteiger partial charge >= 0.3 is 0 Å². The number of methoxy groups -OCH3 is 1. The molecule has 0 fully saturated rings. The predicted octanol–water partition coefficient (Wildman–Crippen LogP) is 4.42. The summed E-state index contributed by atoms with van der Waals surface area (Å²) in [6, 6.07) is 16.5. The highest BCUT2D eigenvalue weighted by Gasteiger charge is 2.18. The molecule has 1 amide bonds. The molecule has 0 radical (unpaired) electrons. The topological polar surface area (TPSA) is 83.0 Å². The zero-order valence-corrected chi connectivity index (χ0v) is 16.4. The third-order valence-corrected chi connectivity index (χ3v) is 5.23. The van der Waals surface area contributed by atoms with E-state index >= 15 is 0 Å². The first-order chi connectivity index (χ1) is 13.5. The van der Waals surface area contributed by atoms with E-state index in [4.69, 9.17) is 22.1 Å². The van der Waals surface area contributed by atoms with Gasteiger partial charge in [-0.25, -0.2) is 4.98 Å². The minimum absolute atomic E-state index is 0.267. The quantitative estimate of drug-likeness (QED) is 0.527. The number of halogens is 1. The minimum Gasteiger partial charge on any atom is -0.497 e. The van der Waals surface area contributed by atoms with Crippen LogP contribution in [0.2, 0.25) is 5.02 Å². The highest BCUT2D eigenvalue weighted by molar-refractivity contribution is 7.12. The number of carbonyl (C=O) groups is 1. The number of amides is 1. The summed E-state index contributed by atoms with van der Waals surface area (Å²) < 4.78 is 6.66. The molecular weight excluding hydrogens is 396 g/mol. The first-order valence-electron chi connectivity index (χ1n) is 8.31. The molecule has 2 N–H and O–H groups in total. The maximum absolute atomic E-state index is 12.0. The van der Waals surface area contributed by atoms with Crippen molar-refractivity contribution >= 4 is 28.8 Å². The molecule has 0 bridgehead atoms. The fourth-order valence-corrected chi connectivity index (χ4v) is 3.64. The van der Waals surface area contributed by atoms with Gasteiger partial charge in [0.25, 0.3) is 5.91 Å². The SMILES string of the molecule is COc1ccc(-c2cc(C(N)=O)n(-c3nc(-c4ccc(Cl)cc4)cs3)n2)cc1. The maximum Gasteiger partial charge on any atom is 0.267 e. The van der Waals surface area contributed by atoms with Crippen LogP contribution in [0.25, 0.3) is 27.6 Å². The van der Waals surface area contributed by atoms with E-state index in [1.54, 1.807) is 25.3 Å². The van der Waals surface area contributed by atoms with Crippen molar-refractivity contribution in [1.82, 2.24) is 14.8 Å². The predicted molar refractivity (Wildman–Crippen MR) is 110 cm³/mol. The lowest BCUT2D eigenvalue weighted by Crippen LogP contribution is -2.16. The molecule has 0 saturated carbocycles. The molecule has 2 aromatic heterocycles. The van der Waals surface area contributed by atoms with E-state index in [9.17, 15) is 4.79 Å². The number of thiazole rings is 1. The summed E-state index contributed by atoms with van der Waals surface area (Å²) in [4.78, 5) is 16.6. The van der Waals surface area contributed by atoms with Gasteiger partial charge in [0.05, 0.1) is 18.5 Å². The molecule has 0 aliphatic heterocycles. The van der Waals surface area contributed by atoms with Crippen LogP contribution in [-0.2, 0) is 0 Å². The number of aromatic nitrogens is 3. The number of rotatable bonds is 5. The highest BCUT2D eigenvalue weighted by Crippen LogP contribution is 2.28. The average Bonchev–Trinajstić information content (AvgIpc) is 3.36. The molecule has 0 spiro atoms. The minimum atomic E-state index is -0.574. The Labute approximate surface area is 170 Å². The van der Waals surface area contributed by atoms with Crippen LogP contribution < -0.4 is 10.5 Å².